The molecule has 0 bridgehead atoms. The van der Waals surface area contributed by atoms with Crippen LogP contribution >= 0.6 is 0 Å². The summed E-state index contributed by atoms with van der Waals surface area (Å²) in [6.07, 6.45) is 1.04. The Hall–Kier alpha value is -2.86. The highest BCUT2D eigenvalue weighted by Gasteiger charge is 2.22. The van der Waals surface area contributed by atoms with Crippen molar-refractivity contribution in [2.45, 2.75) is 6.42 Å². The van der Waals surface area contributed by atoms with Gasteiger partial charge in [0.25, 0.3) is 0 Å². The molecule has 108 valence electrons. The lowest BCUT2D eigenvalue weighted by atomic mass is 9.91. The molecule has 0 unspecified atom stereocenters. The van der Waals surface area contributed by atoms with E-state index in [1.54, 1.807) is 0 Å². The van der Waals surface area contributed by atoms with Crippen LogP contribution in [0.5, 0.6) is 0 Å². The van der Waals surface area contributed by atoms with Gasteiger partial charge in [-0.05, 0) is 56.6 Å². The first-order valence-electron chi connectivity index (χ1n) is 8.10. The maximum atomic E-state index is 2.40. The molecule has 0 nitrogen and oxygen atoms in total. The lowest BCUT2D eigenvalue weighted by Gasteiger charge is -2.12. The molecule has 5 rings (SSSR count). The van der Waals surface area contributed by atoms with Gasteiger partial charge < -0.3 is 0 Å². The zero-order valence-electron chi connectivity index (χ0n) is 12.8. The Balaban J connectivity index is 1.89. The quantitative estimate of drug-likeness (QED) is 0.351. The normalized spacial score (nSPS) is 12.2. The Bertz CT molecular complexity index is 1030. The van der Waals surface area contributed by atoms with Gasteiger partial charge in [-0.25, -0.2) is 0 Å². The summed E-state index contributed by atoms with van der Waals surface area (Å²) in [5.41, 5.74) is 8.35. The summed E-state index contributed by atoms with van der Waals surface area (Å²) < 4.78 is 0. The first-order chi connectivity index (χ1) is 11.4. The van der Waals surface area contributed by atoms with Gasteiger partial charge in [0.05, 0.1) is 0 Å². The molecule has 23 heavy (non-hydrogen) atoms. The topological polar surface area (TPSA) is 0 Å². The summed E-state index contributed by atoms with van der Waals surface area (Å²) in [6.45, 7) is 0. The van der Waals surface area contributed by atoms with Gasteiger partial charge in [0.2, 0.25) is 0 Å². The molecule has 0 aromatic heterocycles. The number of hydrogen-bond acceptors (Lipinski definition) is 0. The van der Waals surface area contributed by atoms with E-state index in [9.17, 15) is 0 Å². The second kappa shape index (κ2) is 4.82. The molecule has 4 aromatic rings. The highest BCUT2D eigenvalue weighted by Crippen LogP contribution is 2.44. The molecule has 0 N–H and O–H groups in total. The van der Waals surface area contributed by atoms with E-state index in [1.807, 2.05) is 0 Å². The summed E-state index contributed by atoms with van der Waals surface area (Å²) in [6, 6.07) is 30.7. The first kappa shape index (κ1) is 12.7. The fourth-order valence-corrected chi connectivity index (χ4v) is 3.87. The third-order valence-electron chi connectivity index (χ3n) is 4.88. The Morgan fingerprint density at radius 1 is 0.522 bits per heavy atom. The summed E-state index contributed by atoms with van der Waals surface area (Å²) in [4.78, 5) is 0. The SMILES string of the molecule is c1ccc(-c2cc3c(c4ccccc24)-c2ccccc2C3)cc1. The van der Waals surface area contributed by atoms with Crippen molar-refractivity contribution in [1.29, 1.82) is 0 Å². The molecule has 0 amide bonds. The van der Waals surface area contributed by atoms with E-state index in [-0.39, 0.29) is 0 Å². The number of benzene rings is 4. The van der Waals surface area contributed by atoms with Crippen LogP contribution in [0, 0.1) is 0 Å². The maximum absolute atomic E-state index is 2.40. The molecule has 0 saturated heterocycles. The maximum Gasteiger partial charge on any atom is -0.00130 e. The van der Waals surface area contributed by atoms with Crippen molar-refractivity contribution in [3.63, 3.8) is 0 Å². The lowest BCUT2D eigenvalue weighted by molar-refractivity contribution is 1.27. The van der Waals surface area contributed by atoms with Crippen LogP contribution in [-0.4, -0.2) is 0 Å². The molecule has 0 spiro atoms. The first-order valence-corrected chi connectivity index (χ1v) is 8.10. The van der Waals surface area contributed by atoms with Crippen molar-refractivity contribution in [2.24, 2.45) is 0 Å². The van der Waals surface area contributed by atoms with Crippen molar-refractivity contribution in [3.05, 3.63) is 96.1 Å². The van der Waals surface area contributed by atoms with E-state index in [4.69, 9.17) is 0 Å². The molecular weight excluding hydrogens is 276 g/mol. The van der Waals surface area contributed by atoms with Crippen LogP contribution in [0.3, 0.4) is 0 Å². The van der Waals surface area contributed by atoms with Crippen molar-refractivity contribution in [2.75, 3.05) is 0 Å². The van der Waals surface area contributed by atoms with Gasteiger partial charge in [-0.15, -0.1) is 0 Å². The second-order valence-electron chi connectivity index (χ2n) is 6.20. The van der Waals surface area contributed by atoms with Crippen LogP contribution in [-0.2, 0) is 6.42 Å². The van der Waals surface area contributed by atoms with Crippen LogP contribution in [0.25, 0.3) is 33.0 Å². The van der Waals surface area contributed by atoms with E-state index in [0.29, 0.717) is 0 Å². The molecule has 1 aliphatic carbocycles. The summed E-state index contributed by atoms with van der Waals surface area (Å²) in [7, 11) is 0. The van der Waals surface area contributed by atoms with Gasteiger partial charge in [0.15, 0.2) is 0 Å². The molecule has 0 atom stereocenters. The molecule has 4 aromatic carbocycles. The van der Waals surface area contributed by atoms with Gasteiger partial charge >= 0.3 is 0 Å². The molecule has 0 fully saturated rings. The van der Waals surface area contributed by atoms with E-state index < -0.39 is 0 Å². The van der Waals surface area contributed by atoms with E-state index in [2.05, 4.69) is 84.9 Å². The Labute approximate surface area is 136 Å². The Morgan fingerprint density at radius 2 is 1.22 bits per heavy atom. The predicted octanol–water partition coefficient (Wildman–Crippen LogP) is 6.08. The van der Waals surface area contributed by atoms with Crippen molar-refractivity contribution in [1.82, 2.24) is 0 Å². The zero-order chi connectivity index (χ0) is 15.2. The minimum Gasteiger partial charge on any atom is -0.0622 e. The molecule has 1 aliphatic rings. The third-order valence-corrected chi connectivity index (χ3v) is 4.88. The third kappa shape index (κ3) is 1.85. The molecule has 0 aliphatic heterocycles. The lowest BCUT2D eigenvalue weighted by Crippen LogP contribution is -1.88. The largest absolute Gasteiger partial charge is 0.0622 e. The van der Waals surface area contributed by atoms with Gasteiger partial charge in [0, 0.05) is 0 Å². The van der Waals surface area contributed by atoms with Gasteiger partial charge in [-0.2, -0.15) is 0 Å². The Kier molecular flexibility index (Phi) is 2.65. The van der Waals surface area contributed by atoms with Crippen molar-refractivity contribution >= 4 is 10.8 Å². The highest BCUT2D eigenvalue weighted by molar-refractivity contribution is 6.07. The van der Waals surface area contributed by atoms with Gasteiger partial charge in [-0.3, -0.25) is 0 Å². The van der Waals surface area contributed by atoms with Crippen molar-refractivity contribution < 1.29 is 0 Å². The number of fused-ring (bicyclic) bond motifs is 5. The average molecular weight is 292 g/mol. The van der Waals surface area contributed by atoms with Gasteiger partial charge in [0.1, 0.15) is 0 Å². The zero-order valence-corrected chi connectivity index (χ0v) is 12.8. The smallest absolute Gasteiger partial charge is 0.00130 e. The fraction of sp³-hybridized carbons (Fsp3) is 0.0435. The molecule has 0 heterocycles. The standard InChI is InChI=1S/C23H16/c1-2-8-16(9-3-1)22-15-18-14-17-10-4-5-11-19(17)23(18)21-13-7-6-12-20(21)22/h1-13,15H,14H2. The number of rotatable bonds is 1. The van der Waals surface area contributed by atoms with Gasteiger partial charge in [-0.1, -0.05) is 78.9 Å². The van der Waals surface area contributed by atoms with Crippen LogP contribution < -0.4 is 0 Å². The Morgan fingerprint density at radius 3 is 2.09 bits per heavy atom. The monoisotopic (exact) mass is 292 g/mol. The summed E-state index contributed by atoms with van der Waals surface area (Å²) in [5.74, 6) is 0. The molecule has 0 heteroatoms. The molecular formula is C23H16. The summed E-state index contributed by atoms with van der Waals surface area (Å²) in [5, 5.41) is 2.71. The number of hydrogen-bond donors (Lipinski definition) is 0. The van der Waals surface area contributed by atoms with Crippen molar-refractivity contribution in [3.8, 4) is 22.3 Å². The van der Waals surface area contributed by atoms with E-state index in [1.165, 1.54) is 44.2 Å². The predicted molar refractivity (Wildman–Crippen MR) is 97.6 cm³/mol. The van der Waals surface area contributed by atoms with E-state index in [0.717, 1.165) is 6.42 Å². The fourth-order valence-electron chi connectivity index (χ4n) is 3.87. The minimum atomic E-state index is 1.04. The van der Waals surface area contributed by atoms with Crippen LogP contribution in [0.15, 0.2) is 84.9 Å². The second-order valence-corrected chi connectivity index (χ2v) is 6.20. The van der Waals surface area contributed by atoms with Crippen LogP contribution in [0.1, 0.15) is 11.1 Å². The van der Waals surface area contributed by atoms with Crippen LogP contribution in [0.4, 0.5) is 0 Å². The van der Waals surface area contributed by atoms with Crippen LogP contribution in [0.2, 0.25) is 0 Å². The summed E-state index contributed by atoms with van der Waals surface area (Å²) >= 11 is 0. The molecule has 0 saturated carbocycles. The van der Waals surface area contributed by atoms with E-state index >= 15 is 0 Å². The molecule has 0 radical (unpaired) electrons. The average Bonchev–Trinajstić information content (AvgIpc) is 3.00. The highest BCUT2D eigenvalue weighted by atomic mass is 14.2. The minimum absolute atomic E-state index is 1.04.